The maximum atomic E-state index is 13.7. The minimum absolute atomic E-state index is 0.200. The zero-order chi connectivity index (χ0) is 15.5. The van der Waals surface area contributed by atoms with Crippen LogP contribution in [0, 0.1) is 5.82 Å². The van der Waals surface area contributed by atoms with Gasteiger partial charge in [-0.15, -0.1) is 0 Å². The molecule has 3 N–H and O–H groups in total. The van der Waals surface area contributed by atoms with Crippen LogP contribution in [0.1, 0.15) is 48.9 Å². The Kier molecular flexibility index (Phi) is 4.45. The summed E-state index contributed by atoms with van der Waals surface area (Å²) < 4.78 is 13.7. The molecule has 1 fully saturated rings. The molecule has 1 aromatic rings. The van der Waals surface area contributed by atoms with Gasteiger partial charge in [-0.2, -0.15) is 0 Å². The molecule has 0 atom stereocenters. The monoisotopic (exact) mass is 295 g/mol. The van der Waals surface area contributed by atoms with Gasteiger partial charge in [0.2, 0.25) is 0 Å². The number of phenolic OH excluding ortho intramolecular Hbond substituents is 1. The van der Waals surface area contributed by atoms with Crippen molar-refractivity contribution in [2.75, 3.05) is 0 Å². The number of carboxylic acids is 1. The van der Waals surface area contributed by atoms with Gasteiger partial charge in [0, 0.05) is 0 Å². The van der Waals surface area contributed by atoms with Crippen molar-refractivity contribution >= 4 is 11.9 Å². The van der Waals surface area contributed by atoms with Gasteiger partial charge in [-0.25, -0.2) is 4.39 Å². The van der Waals surface area contributed by atoms with E-state index in [1.54, 1.807) is 0 Å². The van der Waals surface area contributed by atoms with E-state index >= 15 is 0 Å². The summed E-state index contributed by atoms with van der Waals surface area (Å²) in [5.74, 6) is -3.05. The molecule has 1 aliphatic carbocycles. The predicted molar refractivity (Wildman–Crippen MR) is 73.6 cm³/mol. The van der Waals surface area contributed by atoms with Crippen LogP contribution in [-0.4, -0.2) is 27.6 Å². The lowest BCUT2D eigenvalue weighted by atomic mass is 9.79. The van der Waals surface area contributed by atoms with Crippen molar-refractivity contribution in [2.45, 2.75) is 44.1 Å². The molecule has 5 nitrogen and oxygen atoms in total. The highest BCUT2D eigenvalue weighted by atomic mass is 19.1. The van der Waals surface area contributed by atoms with E-state index in [1.807, 2.05) is 0 Å². The third kappa shape index (κ3) is 3.51. The van der Waals surface area contributed by atoms with Gasteiger partial charge in [0.25, 0.3) is 5.91 Å². The minimum atomic E-state index is -1.00. The molecular formula is C15H18FNO4. The van der Waals surface area contributed by atoms with E-state index in [9.17, 15) is 19.1 Å². The molecule has 6 heteroatoms. The first-order valence-corrected chi connectivity index (χ1v) is 6.95. The quantitative estimate of drug-likeness (QED) is 0.796. The van der Waals surface area contributed by atoms with E-state index in [1.165, 1.54) is 12.1 Å². The molecule has 1 aromatic carbocycles. The number of hydrogen-bond donors (Lipinski definition) is 3. The number of nitrogens with one attached hydrogen (secondary N) is 1. The van der Waals surface area contributed by atoms with Crippen LogP contribution < -0.4 is 5.32 Å². The summed E-state index contributed by atoms with van der Waals surface area (Å²) in [5, 5.41) is 21.3. The number of halogens is 1. The molecule has 1 aliphatic rings. The van der Waals surface area contributed by atoms with Crippen LogP contribution in [0.15, 0.2) is 18.2 Å². The Balaban J connectivity index is 2.24. The fraction of sp³-hybridized carbons (Fsp3) is 0.467. The second-order valence-corrected chi connectivity index (χ2v) is 5.50. The molecule has 0 heterocycles. The second kappa shape index (κ2) is 6.11. The van der Waals surface area contributed by atoms with E-state index in [0.29, 0.717) is 12.8 Å². The fourth-order valence-electron chi connectivity index (χ4n) is 2.90. The molecule has 0 aliphatic heterocycles. The summed E-state index contributed by atoms with van der Waals surface area (Å²) in [6.45, 7) is 0. The van der Waals surface area contributed by atoms with E-state index in [4.69, 9.17) is 5.11 Å². The smallest absolute Gasteiger partial charge is 0.305 e. The molecular weight excluding hydrogens is 277 g/mol. The highest BCUT2D eigenvalue weighted by Gasteiger charge is 2.36. The summed E-state index contributed by atoms with van der Waals surface area (Å²) in [4.78, 5) is 23.3. The molecule has 114 valence electrons. The summed E-state index contributed by atoms with van der Waals surface area (Å²) >= 11 is 0. The van der Waals surface area contributed by atoms with Gasteiger partial charge in [-0.05, 0) is 25.0 Å². The molecule has 1 amide bonds. The molecule has 0 spiro atoms. The lowest BCUT2D eigenvalue weighted by molar-refractivity contribution is -0.139. The maximum absolute atomic E-state index is 13.7. The third-order valence-corrected chi connectivity index (χ3v) is 3.90. The van der Waals surface area contributed by atoms with Gasteiger partial charge in [0.05, 0.1) is 12.0 Å². The third-order valence-electron chi connectivity index (χ3n) is 3.90. The van der Waals surface area contributed by atoms with Crippen molar-refractivity contribution in [3.05, 3.63) is 29.6 Å². The van der Waals surface area contributed by atoms with Crippen LogP contribution in [0.4, 0.5) is 4.39 Å². The fourth-order valence-corrected chi connectivity index (χ4v) is 2.90. The van der Waals surface area contributed by atoms with Crippen molar-refractivity contribution < 1.29 is 24.2 Å². The molecule has 0 unspecified atom stereocenters. The van der Waals surface area contributed by atoms with E-state index in [2.05, 4.69) is 5.32 Å². The molecule has 0 aromatic heterocycles. The number of phenols is 1. The summed E-state index contributed by atoms with van der Waals surface area (Å²) in [7, 11) is 0. The Morgan fingerprint density at radius 2 is 1.90 bits per heavy atom. The largest absolute Gasteiger partial charge is 0.507 e. The minimum Gasteiger partial charge on any atom is -0.507 e. The van der Waals surface area contributed by atoms with Crippen LogP contribution in [0.25, 0.3) is 0 Å². The van der Waals surface area contributed by atoms with Crippen molar-refractivity contribution in [3.8, 4) is 5.75 Å². The number of benzene rings is 1. The Bertz CT molecular complexity index is 532. The normalized spacial score (nSPS) is 17.2. The number of aromatic hydroxyl groups is 1. The molecule has 1 saturated carbocycles. The van der Waals surface area contributed by atoms with Gasteiger partial charge >= 0.3 is 5.97 Å². The van der Waals surface area contributed by atoms with E-state index < -0.39 is 34.5 Å². The van der Waals surface area contributed by atoms with Gasteiger partial charge in [-0.3, -0.25) is 9.59 Å². The van der Waals surface area contributed by atoms with Crippen molar-refractivity contribution in [3.63, 3.8) is 0 Å². The number of hydrogen-bond acceptors (Lipinski definition) is 3. The second-order valence-electron chi connectivity index (χ2n) is 5.50. The first-order chi connectivity index (χ1) is 9.93. The molecule has 21 heavy (non-hydrogen) atoms. The number of aliphatic carboxylic acids is 1. The standard InChI is InChI=1S/C15H18FNO4/c16-10-5-4-6-11(18)13(10)14(21)17-15(9-12(19)20)7-2-1-3-8-15/h4-6,18H,1-3,7-9H2,(H,17,21)(H,19,20). The summed E-state index contributed by atoms with van der Waals surface area (Å²) in [6.07, 6.45) is 3.50. The van der Waals surface area contributed by atoms with Crippen molar-refractivity contribution in [1.82, 2.24) is 5.32 Å². The Labute approximate surface area is 121 Å². The first kappa shape index (κ1) is 15.3. The van der Waals surface area contributed by atoms with E-state index in [0.717, 1.165) is 25.3 Å². The van der Waals surface area contributed by atoms with E-state index in [-0.39, 0.29) is 6.42 Å². The number of carboxylic acid groups (broad SMARTS) is 1. The number of carbonyl (C=O) groups excluding carboxylic acids is 1. The molecule has 0 bridgehead atoms. The predicted octanol–water partition coefficient (Wildman–Crippen LogP) is 2.44. The van der Waals surface area contributed by atoms with Crippen LogP contribution in [0.2, 0.25) is 0 Å². The highest BCUT2D eigenvalue weighted by Crippen LogP contribution is 2.32. The topological polar surface area (TPSA) is 86.6 Å². The van der Waals surface area contributed by atoms with Crippen LogP contribution in [-0.2, 0) is 4.79 Å². The molecule has 2 rings (SSSR count). The highest BCUT2D eigenvalue weighted by molar-refractivity contribution is 5.97. The van der Waals surface area contributed by atoms with Crippen LogP contribution >= 0.6 is 0 Å². The zero-order valence-electron chi connectivity index (χ0n) is 11.6. The van der Waals surface area contributed by atoms with Crippen molar-refractivity contribution in [1.29, 1.82) is 0 Å². The summed E-state index contributed by atoms with van der Waals surface area (Å²) in [6, 6.07) is 3.61. The molecule has 0 radical (unpaired) electrons. The average Bonchev–Trinajstić information content (AvgIpc) is 2.38. The number of carbonyl (C=O) groups is 2. The van der Waals surface area contributed by atoms with Crippen molar-refractivity contribution in [2.24, 2.45) is 0 Å². The van der Waals surface area contributed by atoms with Gasteiger partial charge in [0.1, 0.15) is 17.1 Å². The van der Waals surface area contributed by atoms with Gasteiger partial charge in [0.15, 0.2) is 0 Å². The summed E-state index contributed by atoms with van der Waals surface area (Å²) in [5.41, 5.74) is -1.30. The maximum Gasteiger partial charge on any atom is 0.305 e. The first-order valence-electron chi connectivity index (χ1n) is 6.95. The SMILES string of the molecule is O=C(O)CC1(NC(=O)c2c(O)cccc2F)CCCCC1. The van der Waals surface area contributed by atoms with Crippen LogP contribution in [0.5, 0.6) is 5.75 Å². The Hall–Kier alpha value is -2.11. The van der Waals surface area contributed by atoms with Gasteiger partial charge < -0.3 is 15.5 Å². The lowest BCUT2D eigenvalue weighted by Crippen LogP contribution is -2.51. The Morgan fingerprint density at radius 3 is 2.48 bits per heavy atom. The molecule has 0 saturated heterocycles. The zero-order valence-corrected chi connectivity index (χ0v) is 11.6. The number of amides is 1. The lowest BCUT2D eigenvalue weighted by Gasteiger charge is -2.37. The van der Waals surface area contributed by atoms with Gasteiger partial charge in [-0.1, -0.05) is 25.3 Å². The Morgan fingerprint density at radius 1 is 1.24 bits per heavy atom. The van der Waals surface area contributed by atoms with Crippen LogP contribution in [0.3, 0.4) is 0 Å². The average molecular weight is 295 g/mol. The number of rotatable bonds is 4.